The number of ether oxygens (including phenoxy) is 2. The predicted molar refractivity (Wildman–Crippen MR) is 107 cm³/mol. The molecular weight excluding hydrogens is 386 g/mol. The van der Waals surface area contributed by atoms with Gasteiger partial charge in [-0.2, -0.15) is 0 Å². The van der Waals surface area contributed by atoms with E-state index in [1.807, 2.05) is 6.07 Å². The molecule has 0 aromatic heterocycles. The average molecular weight is 415 g/mol. The van der Waals surface area contributed by atoms with Crippen molar-refractivity contribution in [2.75, 3.05) is 26.3 Å². The molecule has 5 atom stereocenters. The standard InChI is InChI=1S/C23H29NO6/c25-10-1-11-29-23-7-6-17(27)21-22(23)8-9-24(28,13-14-2-3-14)18(23)12-15-4-5-16(26)20(30-21)19(15)22/h4-5,14,18,21,25-26H,1-3,6-13H2/t18-,21+,22+,23-,24?/m1/s1. The lowest BCUT2D eigenvalue weighted by Gasteiger charge is -2.68. The van der Waals surface area contributed by atoms with Crippen molar-refractivity contribution < 1.29 is 29.1 Å². The number of hydrogen-bond acceptors (Lipinski definition) is 6. The Morgan fingerprint density at radius 2 is 2.13 bits per heavy atom. The van der Waals surface area contributed by atoms with Gasteiger partial charge in [0.1, 0.15) is 11.6 Å². The summed E-state index contributed by atoms with van der Waals surface area (Å²) in [6, 6.07) is 3.23. The molecule has 1 unspecified atom stereocenters. The van der Waals surface area contributed by atoms with Gasteiger partial charge in [-0.15, -0.1) is 0 Å². The third kappa shape index (κ3) is 2.22. The Labute approximate surface area is 175 Å². The lowest BCUT2D eigenvalue weighted by atomic mass is 9.48. The third-order valence-electron chi connectivity index (χ3n) is 8.47. The Hall–Kier alpha value is -1.67. The van der Waals surface area contributed by atoms with Crippen molar-refractivity contribution >= 4 is 5.78 Å². The maximum absolute atomic E-state index is 14.3. The first-order valence-corrected chi connectivity index (χ1v) is 11.3. The highest BCUT2D eigenvalue weighted by Gasteiger charge is 2.77. The van der Waals surface area contributed by atoms with E-state index < -0.39 is 17.1 Å². The molecule has 30 heavy (non-hydrogen) atoms. The van der Waals surface area contributed by atoms with Crippen molar-refractivity contribution in [2.45, 2.75) is 68.1 Å². The van der Waals surface area contributed by atoms with Gasteiger partial charge < -0.3 is 29.5 Å². The van der Waals surface area contributed by atoms with E-state index in [2.05, 4.69) is 0 Å². The third-order valence-corrected chi connectivity index (χ3v) is 8.47. The molecule has 1 aromatic carbocycles. The van der Waals surface area contributed by atoms with E-state index >= 15 is 0 Å². The first kappa shape index (κ1) is 19.0. The van der Waals surface area contributed by atoms with Gasteiger partial charge in [0.05, 0.1) is 18.5 Å². The van der Waals surface area contributed by atoms with Crippen LogP contribution in [0.25, 0.3) is 0 Å². The number of rotatable bonds is 6. The van der Waals surface area contributed by atoms with Gasteiger partial charge in [-0.1, -0.05) is 6.07 Å². The largest absolute Gasteiger partial charge is 0.632 e. The van der Waals surface area contributed by atoms with Crippen molar-refractivity contribution in [2.24, 2.45) is 5.92 Å². The Balaban J connectivity index is 1.57. The number of piperidine rings is 1. The van der Waals surface area contributed by atoms with E-state index in [0.29, 0.717) is 63.5 Å². The van der Waals surface area contributed by atoms with Crippen molar-refractivity contribution in [3.63, 3.8) is 0 Å². The summed E-state index contributed by atoms with van der Waals surface area (Å²) in [6.45, 7) is 1.44. The second-order valence-electron chi connectivity index (χ2n) is 9.97. The minimum Gasteiger partial charge on any atom is -0.632 e. The molecule has 2 saturated carbocycles. The van der Waals surface area contributed by atoms with Gasteiger partial charge in [-0.25, -0.2) is 0 Å². The highest BCUT2D eigenvalue weighted by Crippen LogP contribution is 2.67. The number of benzene rings is 1. The van der Waals surface area contributed by atoms with Crippen LogP contribution in [-0.2, 0) is 21.4 Å². The van der Waals surface area contributed by atoms with Crippen molar-refractivity contribution in [3.05, 3.63) is 28.5 Å². The predicted octanol–water partition coefficient (Wildman–Crippen LogP) is 1.94. The monoisotopic (exact) mass is 415 g/mol. The Morgan fingerprint density at radius 3 is 2.90 bits per heavy atom. The van der Waals surface area contributed by atoms with E-state index in [4.69, 9.17) is 9.47 Å². The number of quaternary nitrogens is 1. The van der Waals surface area contributed by atoms with E-state index in [0.717, 1.165) is 24.0 Å². The van der Waals surface area contributed by atoms with Crippen LogP contribution < -0.4 is 4.74 Å². The number of likely N-dealkylation sites (tertiary alicyclic amines) is 1. The first-order valence-electron chi connectivity index (χ1n) is 11.3. The fraction of sp³-hybridized carbons (Fsp3) is 0.696. The zero-order chi connectivity index (χ0) is 20.7. The topological polar surface area (TPSA) is 99.1 Å². The number of carbonyl (C=O) groups excluding carboxylic acids is 1. The molecule has 0 radical (unpaired) electrons. The Bertz CT molecular complexity index is 915. The van der Waals surface area contributed by atoms with Crippen molar-refractivity contribution in [1.82, 2.24) is 0 Å². The van der Waals surface area contributed by atoms with Crippen molar-refractivity contribution in [3.8, 4) is 11.5 Å². The lowest BCUT2D eigenvalue weighted by Crippen LogP contribution is -2.81. The molecule has 6 rings (SSSR count). The smallest absolute Gasteiger partial charge is 0.174 e. The lowest BCUT2D eigenvalue weighted by molar-refractivity contribution is -0.924. The molecule has 0 amide bonds. The number of aliphatic hydroxyl groups excluding tert-OH is 1. The molecule has 7 nitrogen and oxygen atoms in total. The molecule has 1 saturated heterocycles. The SMILES string of the molecule is O=C1CC[C@@]2(OCCCO)[C@H]3Cc4ccc(O)c5c4[C@@]2(CC[N+]3([O-])CC2CC2)[C@H]1O5. The summed E-state index contributed by atoms with van der Waals surface area (Å²) in [7, 11) is 0. The second-order valence-corrected chi connectivity index (χ2v) is 9.97. The molecule has 1 spiro atoms. The maximum Gasteiger partial charge on any atom is 0.174 e. The molecule has 162 valence electrons. The summed E-state index contributed by atoms with van der Waals surface area (Å²) in [5.41, 5.74) is 0.389. The number of aliphatic hydroxyl groups is 1. The number of nitrogens with zero attached hydrogens (tertiary/aromatic N) is 1. The minimum atomic E-state index is -0.804. The highest BCUT2D eigenvalue weighted by molar-refractivity contribution is 5.90. The molecule has 3 aliphatic carbocycles. The zero-order valence-electron chi connectivity index (χ0n) is 17.1. The number of carbonyl (C=O) groups is 1. The van der Waals surface area contributed by atoms with Crippen LogP contribution in [0.1, 0.15) is 49.7 Å². The van der Waals surface area contributed by atoms with Crippen LogP contribution in [0.2, 0.25) is 0 Å². The van der Waals surface area contributed by atoms with Crippen LogP contribution in [0.5, 0.6) is 11.5 Å². The van der Waals surface area contributed by atoms with Gasteiger partial charge >= 0.3 is 0 Å². The van der Waals surface area contributed by atoms with E-state index in [9.17, 15) is 20.2 Å². The van der Waals surface area contributed by atoms with Gasteiger partial charge in [-0.05, 0) is 37.3 Å². The first-order chi connectivity index (χ1) is 14.5. The molecule has 7 heteroatoms. The molecule has 5 aliphatic rings. The van der Waals surface area contributed by atoms with Gasteiger partial charge in [0.15, 0.2) is 23.4 Å². The van der Waals surface area contributed by atoms with Crippen molar-refractivity contribution in [1.29, 1.82) is 0 Å². The van der Waals surface area contributed by atoms with Crippen LogP contribution in [0.4, 0.5) is 0 Å². The number of ketones is 1. The van der Waals surface area contributed by atoms with Crippen LogP contribution in [0, 0.1) is 11.1 Å². The quantitative estimate of drug-likeness (QED) is 0.419. The summed E-state index contributed by atoms with van der Waals surface area (Å²) in [4.78, 5) is 13.1. The summed E-state index contributed by atoms with van der Waals surface area (Å²) >= 11 is 0. The number of hydroxylamine groups is 3. The minimum absolute atomic E-state index is 0.0225. The van der Waals surface area contributed by atoms with Crippen LogP contribution in [-0.4, -0.2) is 64.7 Å². The molecule has 2 N–H and O–H groups in total. The Morgan fingerprint density at radius 1 is 1.30 bits per heavy atom. The average Bonchev–Trinajstić information content (AvgIpc) is 3.45. The van der Waals surface area contributed by atoms with Gasteiger partial charge in [0.2, 0.25) is 0 Å². The highest BCUT2D eigenvalue weighted by atomic mass is 16.6. The molecule has 3 fully saturated rings. The van der Waals surface area contributed by atoms with E-state index in [1.54, 1.807) is 6.07 Å². The van der Waals surface area contributed by atoms with Gasteiger partial charge in [-0.3, -0.25) is 4.79 Å². The molecule has 2 heterocycles. The zero-order valence-corrected chi connectivity index (χ0v) is 17.1. The normalized spacial score (nSPS) is 40.8. The second kappa shape index (κ2) is 6.19. The summed E-state index contributed by atoms with van der Waals surface area (Å²) in [6.07, 6.45) is 3.95. The van der Waals surface area contributed by atoms with Gasteiger partial charge in [0, 0.05) is 44.0 Å². The van der Waals surface area contributed by atoms with Crippen LogP contribution >= 0.6 is 0 Å². The van der Waals surface area contributed by atoms with E-state index in [-0.39, 0.29) is 28.8 Å². The number of hydrogen-bond donors (Lipinski definition) is 2. The number of phenolic OH excluding ortho intramolecular Hbond substituents is 1. The van der Waals surface area contributed by atoms with Crippen LogP contribution in [0.3, 0.4) is 0 Å². The fourth-order valence-corrected chi connectivity index (χ4v) is 7.12. The summed E-state index contributed by atoms with van der Waals surface area (Å²) in [5, 5.41) is 34.2. The Kier molecular flexibility index (Phi) is 3.93. The molecule has 1 aromatic rings. The fourth-order valence-electron chi connectivity index (χ4n) is 7.12. The molecule has 2 bridgehead atoms. The number of Topliss-reactive ketones (excluding diaryl/α,β-unsaturated/α-hetero) is 1. The van der Waals surface area contributed by atoms with Crippen LogP contribution in [0.15, 0.2) is 12.1 Å². The number of phenols is 1. The number of aromatic hydroxyl groups is 1. The summed E-state index contributed by atoms with van der Waals surface area (Å²) < 4.78 is 12.5. The molecule has 2 aliphatic heterocycles. The van der Waals surface area contributed by atoms with Gasteiger partial charge in [0.25, 0.3) is 0 Å². The maximum atomic E-state index is 14.3. The molecular formula is C23H29NO6. The van der Waals surface area contributed by atoms with E-state index in [1.165, 1.54) is 0 Å². The summed E-state index contributed by atoms with van der Waals surface area (Å²) in [5.74, 6) is 0.990.